The molecule has 0 amide bonds. The molecule has 2 heteroatoms. The highest BCUT2D eigenvalue weighted by atomic mass is 16.3. The molecule has 3 saturated carbocycles. The quantitative estimate of drug-likeness (QED) is 0.682. The number of allylic oxidation sites excluding steroid dienone is 2. The van der Waals surface area contributed by atoms with Gasteiger partial charge in [0.1, 0.15) is 5.78 Å². The lowest BCUT2D eigenvalue weighted by atomic mass is 9.45. The van der Waals surface area contributed by atoms with Crippen molar-refractivity contribution < 1.29 is 9.90 Å². The minimum absolute atomic E-state index is 0.129. The Balaban J connectivity index is 1.70. The van der Waals surface area contributed by atoms with Gasteiger partial charge in [0.2, 0.25) is 0 Å². The fourth-order valence-electron chi connectivity index (χ4n) is 8.08. The Kier molecular flexibility index (Phi) is 4.30. The van der Waals surface area contributed by atoms with Crippen LogP contribution in [0.3, 0.4) is 0 Å². The second kappa shape index (κ2) is 6.06. The van der Waals surface area contributed by atoms with Gasteiger partial charge in [0, 0.05) is 5.41 Å². The summed E-state index contributed by atoms with van der Waals surface area (Å²) in [5, 5.41) is 10.2. The van der Waals surface area contributed by atoms with Crippen molar-refractivity contribution in [1.82, 2.24) is 0 Å². The van der Waals surface area contributed by atoms with E-state index in [1.807, 2.05) is 13.0 Å². The first-order valence-electron chi connectivity index (χ1n) is 10.8. The van der Waals surface area contributed by atoms with E-state index in [1.54, 1.807) is 0 Å². The first kappa shape index (κ1) is 18.5. The van der Waals surface area contributed by atoms with Crippen molar-refractivity contribution in [2.75, 3.05) is 0 Å². The lowest BCUT2D eigenvalue weighted by molar-refractivity contribution is -0.140. The molecule has 0 radical (unpaired) electrons. The van der Waals surface area contributed by atoms with E-state index in [0.717, 1.165) is 44.4 Å². The van der Waals surface area contributed by atoms with E-state index in [-0.39, 0.29) is 22.3 Å². The average Bonchev–Trinajstić information content (AvgIpc) is 2.90. The second-order valence-electron chi connectivity index (χ2n) is 10.3. The molecule has 4 aliphatic rings. The highest BCUT2D eigenvalue weighted by Crippen LogP contribution is 2.70. The van der Waals surface area contributed by atoms with Crippen molar-refractivity contribution in [1.29, 1.82) is 0 Å². The molecular weight excluding hydrogens is 320 g/mol. The van der Waals surface area contributed by atoms with Crippen LogP contribution in [0.25, 0.3) is 0 Å². The number of hydrogen-bond donors (Lipinski definition) is 1. The fraction of sp³-hybridized carbons (Fsp3) is 0.792. The van der Waals surface area contributed by atoms with Gasteiger partial charge in [0.15, 0.2) is 0 Å². The molecule has 3 fully saturated rings. The van der Waals surface area contributed by atoms with Crippen LogP contribution in [0.1, 0.15) is 78.6 Å². The van der Waals surface area contributed by atoms with E-state index in [9.17, 15) is 9.90 Å². The lowest BCUT2D eigenvalue weighted by Gasteiger charge is -2.59. The summed E-state index contributed by atoms with van der Waals surface area (Å²) in [5.41, 5.74) is 1.76. The maximum absolute atomic E-state index is 12.8. The Hall–Kier alpha value is -0.890. The zero-order chi connectivity index (χ0) is 18.7. The molecule has 0 bridgehead atoms. The van der Waals surface area contributed by atoms with E-state index >= 15 is 0 Å². The topological polar surface area (TPSA) is 37.3 Å². The molecule has 4 rings (SSSR count). The highest BCUT2D eigenvalue weighted by molar-refractivity contribution is 5.84. The smallest absolute Gasteiger partial charge is 0.136 e. The second-order valence-corrected chi connectivity index (χ2v) is 10.3. The molecule has 2 nitrogen and oxygen atoms in total. The molecule has 4 aliphatic carbocycles. The molecule has 0 heterocycles. The van der Waals surface area contributed by atoms with E-state index in [1.165, 1.54) is 24.8 Å². The Morgan fingerprint density at radius 1 is 1.23 bits per heavy atom. The minimum atomic E-state index is -0.182. The molecule has 0 saturated heterocycles. The number of Topliss-reactive ketones (excluding diaryl/α,β-unsaturated/α-hetero) is 1. The summed E-state index contributed by atoms with van der Waals surface area (Å²) in [4.78, 5) is 12.8. The first-order chi connectivity index (χ1) is 12.3. The van der Waals surface area contributed by atoms with Crippen molar-refractivity contribution in [2.45, 2.75) is 84.7 Å². The maximum atomic E-state index is 12.8. The molecule has 0 aliphatic heterocycles. The first-order valence-corrected chi connectivity index (χ1v) is 10.8. The molecule has 1 N–H and O–H groups in total. The van der Waals surface area contributed by atoms with E-state index in [2.05, 4.69) is 26.5 Å². The molecule has 0 spiro atoms. The molecule has 26 heavy (non-hydrogen) atoms. The number of ketones is 1. The van der Waals surface area contributed by atoms with Crippen LogP contribution in [-0.2, 0) is 4.79 Å². The summed E-state index contributed by atoms with van der Waals surface area (Å²) in [5.74, 6) is 2.50. The van der Waals surface area contributed by atoms with E-state index in [4.69, 9.17) is 0 Å². The predicted molar refractivity (Wildman–Crippen MR) is 106 cm³/mol. The van der Waals surface area contributed by atoms with E-state index in [0.29, 0.717) is 17.6 Å². The Bertz CT molecular complexity index is 649. The zero-order valence-corrected chi connectivity index (χ0v) is 16.9. The monoisotopic (exact) mass is 356 g/mol. The summed E-state index contributed by atoms with van der Waals surface area (Å²) >= 11 is 0. The fourth-order valence-corrected chi connectivity index (χ4v) is 8.08. The molecule has 144 valence electrons. The number of fused-ring (bicyclic) bond motifs is 5. The normalized spacial score (nSPS) is 50.2. The summed E-state index contributed by atoms with van der Waals surface area (Å²) in [6.45, 7) is 10.7. The third-order valence-corrected chi connectivity index (χ3v) is 9.61. The van der Waals surface area contributed by atoms with Crippen molar-refractivity contribution in [2.24, 2.45) is 34.0 Å². The van der Waals surface area contributed by atoms with Crippen molar-refractivity contribution in [3.8, 4) is 0 Å². The van der Waals surface area contributed by atoms with Crippen LogP contribution in [0.5, 0.6) is 0 Å². The standard InChI is InChI=1S/C24H36O2/c1-5-11-24(16(2)25)14-10-21-19-7-6-17-15-18(26)8-12-22(17,3)20(19)9-13-23(21,24)4/h5-6,18-21,26H,1,7-15H2,2-4H3/t18-,19?,20?,21?,22-,23-,24+/m0/s1. The van der Waals surface area contributed by atoms with Gasteiger partial charge < -0.3 is 5.11 Å². The number of rotatable bonds is 3. The summed E-state index contributed by atoms with van der Waals surface area (Å²) < 4.78 is 0. The van der Waals surface area contributed by atoms with Gasteiger partial charge in [-0.25, -0.2) is 0 Å². The number of aliphatic hydroxyl groups excluding tert-OH is 1. The van der Waals surface area contributed by atoms with Crippen LogP contribution >= 0.6 is 0 Å². The third kappa shape index (κ3) is 2.23. The van der Waals surface area contributed by atoms with Crippen LogP contribution in [0, 0.1) is 34.0 Å². The maximum Gasteiger partial charge on any atom is 0.136 e. The van der Waals surface area contributed by atoms with E-state index < -0.39 is 0 Å². The van der Waals surface area contributed by atoms with Gasteiger partial charge in [-0.2, -0.15) is 0 Å². The minimum Gasteiger partial charge on any atom is -0.393 e. The van der Waals surface area contributed by atoms with Crippen LogP contribution in [-0.4, -0.2) is 17.0 Å². The number of aliphatic hydroxyl groups is 1. The Morgan fingerprint density at radius 3 is 2.65 bits per heavy atom. The predicted octanol–water partition coefficient (Wildman–Crippen LogP) is 5.46. The van der Waals surface area contributed by atoms with Crippen LogP contribution < -0.4 is 0 Å². The summed E-state index contributed by atoms with van der Waals surface area (Å²) in [7, 11) is 0. The van der Waals surface area contributed by atoms with Crippen molar-refractivity contribution in [3.05, 3.63) is 24.3 Å². The summed E-state index contributed by atoms with van der Waals surface area (Å²) in [6.07, 6.45) is 14.0. The van der Waals surface area contributed by atoms with Gasteiger partial charge in [-0.1, -0.05) is 31.6 Å². The molecule has 0 aromatic heterocycles. The van der Waals surface area contributed by atoms with Gasteiger partial charge in [-0.15, -0.1) is 6.58 Å². The lowest BCUT2D eigenvalue weighted by Crippen LogP contribution is -2.53. The SMILES string of the molecule is C=CC[C@]1(C(C)=O)CCC2C3CC=C4C[C@@H](O)CC[C@]4(C)C3CC[C@@]21C. The van der Waals surface area contributed by atoms with Crippen LogP contribution in [0.15, 0.2) is 24.3 Å². The highest BCUT2D eigenvalue weighted by Gasteiger charge is 2.64. The largest absolute Gasteiger partial charge is 0.393 e. The van der Waals surface area contributed by atoms with Gasteiger partial charge in [0.05, 0.1) is 6.10 Å². The number of carbonyl (C=O) groups excluding carboxylic acids is 1. The third-order valence-electron chi connectivity index (χ3n) is 9.61. The zero-order valence-electron chi connectivity index (χ0n) is 16.9. The average molecular weight is 357 g/mol. The van der Waals surface area contributed by atoms with Gasteiger partial charge in [0.25, 0.3) is 0 Å². The molecule has 0 aromatic rings. The Labute approximate surface area is 159 Å². The Morgan fingerprint density at radius 2 is 1.96 bits per heavy atom. The number of hydrogen-bond acceptors (Lipinski definition) is 2. The molecular formula is C24H36O2. The van der Waals surface area contributed by atoms with Gasteiger partial charge in [-0.3, -0.25) is 4.79 Å². The molecule has 3 unspecified atom stereocenters. The van der Waals surface area contributed by atoms with Crippen LogP contribution in [0.4, 0.5) is 0 Å². The van der Waals surface area contributed by atoms with Crippen molar-refractivity contribution in [3.63, 3.8) is 0 Å². The van der Waals surface area contributed by atoms with Gasteiger partial charge in [-0.05, 0) is 93.3 Å². The van der Waals surface area contributed by atoms with Crippen LogP contribution in [0.2, 0.25) is 0 Å². The molecule has 0 aromatic carbocycles. The summed E-state index contributed by atoms with van der Waals surface area (Å²) in [6, 6.07) is 0. The van der Waals surface area contributed by atoms with Crippen molar-refractivity contribution >= 4 is 5.78 Å². The molecule has 7 atom stereocenters. The van der Waals surface area contributed by atoms with Gasteiger partial charge >= 0.3 is 0 Å². The number of carbonyl (C=O) groups is 1.